The van der Waals surface area contributed by atoms with Crippen LogP contribution in [0.25, 0.3) is 0 Å². The van der Waals surface area contributed by atoms with E-state index < -0.39 is 18.0 Å². The topological polar surface area (TPSA) is 114 Å². The summed E-state index contributed by atoms with van der Waals surface area (Å²) in [5, 5.41) is 14.5. The molecule has 1 aromatic carbocycles. The number of rotatable bonds is 8. The molecule has 2 aliphatic rings. The van der Waals surface area contributed by atoms with E-state index in [0.29, 0.717) is 26.5 Å². The molecule has 1 aliphatic heterocycles. The number of ether oxygens (including phenoxy) is 1. The van der Waals surface area contributed by atoms with Gasteiger partial charge in [-0.05, 0) is 25.3 Å². The largest absolute Gasteiger partial charge is 0.463 e. The molecular weight excluding hydrogens is 450 g/mol. The Bertz CT molecular complexity index is 1050. The smallest absolute Gasteiger partial charge is 0.338 e. The Kier molecular flexibility index (Phi) is 6.75. The highest BCUT2D eigenvalue weighted by atomic mass is 32.2. The van der Waals surface area contributed by atoms with Gasteiger partial charge in [0.1, 0.15) is 0 Å². The monoisotopic (exact) mass is 473 g/mol. The molecule has 0 bridgehead atoms. The van der Waals surface area contributed by atoms with Gasteiger partial charge < -0.3 is 15.4 Å². The van der Waals surface area contributed by atoms with Crippen molar-refractivity contribution in [2.75, 3.05) is 17.3 Å². The summed E-state index contributed by atoms with van der Waals surface area (Å²) in [6.07, 6.45) is 1.94. The van der Waals surface area contributed by atoms with E-state index in [1.807, 2.05) is 30.3 Å². The van der Waals surface area contributed by atoms with E-state index in [4.69, 9.17) is 4.74 Å². The molecule has 2 aromatic rings. The molecule has 1 fully saturated rings. The summed E-state index contributed by atoms with van der Waals surface area (Å²) < 4.78 is 5.92. The van der Waals surface area contributed by atoms with Crippen LogP contribution in [-0.2, 0) is 14.3 Å². The van der Waals surface area contributed by atoms with Gasteiger partial charge in [-0.25, -0.2) is 9.59 Å². The van der Waals surface area contributed by atoms with Crippen LogP contribution in [0, 0.1) is 0 Å². The molecule has 32 heavy (non-hydrogen) atoms. The predicted molar refractivity (Wildman–Crippen MR) is 121 cm³/mol. The van der Waals surface area contributed by atoms with Crippen LogP contribution >= 0.6 is 23.1 Å². The van der Waals surface area contributed by atoms with E-state index in [1.54, 1.807) is 11.8 Å². The van der Waals surface area contributed by atoms with Crippen molar-refractivity contribution in [3.63, 3.8) is 0 Å². The Labute approximate surface area is 193 Å². The van der Waals surface area contributed by atoms with Gasteiger partial charge in [0.2, 0.25) is 11.0 Å². The van der Waals surface area contributed by atoms with Crippen molar-refractivity contribution in [2.45, 2.75) is 43.1 Å². The summed E-state index contributed by atoms with van der Waals surface area (Å²) in [6.45, 7) is 3.49. The van der Waals surface area contributed by atoms with Crippen molar-refractivity contribution in [1.82, 2.24) is 20.8 Å². The molecule has 2 heterocycles. The van der Waals surface area contributed by atoms with Crippen molar-refractivity contribution < 1.29 is 19.1 Å². The molecule has 1 aromatic heterocycles. The van der Waals surface area contributed by atoms with Crippen LogP contribution in [0.15, 0.2) is 45.9 Å². The molecule has 0 spiro atoms. The van der Waals surface area contributed by atoms with Gasteiger partial charge in [0, 0.05) is 24.4 Å². The number of nitrogens with one attached hydrogen (secondary N) is 2. The third kappa shape index (κ3) is 4.94. The van der Waals surface area contributed by atoms with Crippen molar-refractivity contribution in [2.24, 2.45) is 0 Å². The Balaban J connectivity index is 1.58. The van der Waals surface area contributed by atoms with E-state index in [-0.39, 0.29) is 18.6 Å². The minimum atomic E-state index is -0.618. The van der Waals surface area contributed by atoms with Crippen molar-refractivity contribution in [1.29, 1.82) is 0 Å². The molecule has 168 valence electrons. The molecule has 2 N–H and O–H groups in total. The molecule has 3 amide bonds. The minimum Gasteiger partial charge on any atom is -0.463 e. The number of esters is 1. The first-order valence-corrected chi connectivity index (χ1v) is 12.1. The number of thioether (sulfide) groups is 1. The maximum atomic E-state index is 12.8. The van der Waals surface area contributed by atoms with Gasteiger partial charge in [0.15, 0.2) is 4.34 Å². The molecule has 4 rings (SSSR count). The summed E-state index contributed by atoms with van der Waals surface area (Å²) in [4.78, 5) is 38.8. The van der Waals surface area contributed by atoms with Gasteiger partial charge >= 0.3 is 12.0 Å². The van der Waals surface area contributed by atoms with Crippen molar-refractivity contribution in [3.05, 3.63) is 47.2 Å². The molecule has 9 nitrogen and oxygen atoms in total. The fourth-order valence-corrected chi connectivity index (χ4v) is 5.38. The van der Waals surface area contributed by atoms with Gasteiger partial charge in [-0.3, -0.25) is 9.69 Å². The van der Waals surface area contributed by atoms with Crippen LogP contribution < -0.4 is 15.5 Å². The fourth-order valence-electron chi connectivity index (χ4n) is 3.45. The zero-order valence-electron chi connectivity index (χ0n) is 17.7. The zero-order valence-corrected chi connectivity index (χ0v) is 19.3. The van der Waals surface area contributed by atoms with E-state index >= 15 is 0 Å². The van der Waals surface area contributed by atoms with E-state index in [2.05, 4.69) is 20.8 Å². The number of aromatic nitrogens is 2. The maximum absolute atomic E-state index is 12.8. The lowest BCUT2D eigenvalue weighted by Crippen LogP contribution is -2.46. The Hall–Kier alpha value is -2.92. The normalized spacial score (nSPS) is 18.1. The molecule has 1 unspecified atom stereocenters. The number of carbonyl (C=O) groups excluding carboxylic acids is 3. The fraction of sp³-hybridized carbons (Fsp3) is 0.381. The number of amides is 3. The number of hydrogen-bond donors (Lipinski definition) is 2. The van der Waals surface area contributed by atoms with Gasteiger partial charge in [-0.15, -0.1) is 10.2 Å². The molecule has 0 saturated heterocycles. The summed E-state index contributed by atoms with van der Waals surface area (Å²) in [7, 11) is 0. The molecule has 0 radical (unpaired) electrons. The maximum Gasteiger partial charge on any atom is 0.338 e. The van der Waals surface area contributed by atoms with Crippen LogP contribution in [0.1, 0.15) is 38.3 Å². The van der Waals surface area contributed by atoms with Crippen molar-refractivity contribution >= 4 is 46.1 Å². The Morgan fingerprint density at radius 3 is 2.66 bits per heavy atom. The zero-order chi connectivity index (χ0) is 22.7. The summed E-state index contributed by atoms with van der Waals surface area (Å²) in [6, 6.07) is 8.47. The minimum absolute atomic E-state index is 0.0520. The molecule has 1 saturated carbocycles. The summed E-state index contributed by atoms with van der Waals surface area (Å²) in [5.41, 5.74) is 1.61. The number of carbonyl (C=O) groups is 3. The molecule has 1 atom stereocenters. The first-order chi connectivity index (χ1) is 15.5. The SMILES string of the molecule is CCOC(=O)C1=C(CSc2nnc(N(C(C)=O)C3CC3)s2)NC(=O)NC1c1ccccc1. The van der Waals surface area contributed by atoms with E-state index in [1.165, 1.54) is 30.0 Å². The van der Waals surface area contributed by atoms with Gasteiger partial charge in [-0.1, -0.05) is 53.4 Å². The highest BCUT2D eigenvalue weighted by Gasteiger charge is 2.35. The van der Waals surface area contributed by atoms with Gasteiger partial charge in [0.25, 0.3) is 0 Å². The highest BCUT2D eigenvalue weighted by molar-refractivity contribution is 8.01. The molecule has 11 heteroatoms. The van der Waals surface area contributed by atoms with Gasteiger partial charge in [-0.2, -0.15) is 0 Å². The number of benzene rings is 1. The Morgan fingerprint density at radius 2 is 2.00 bits per heavy atom. The van der Waals surface area contributed by atoms with Crippen LogP contribution in [0.5, 0.6) is 0 Å². The number of hydrogen-bond acceptors (Lipinski definition) is 8. The highest BCUT2D eigenvalue weighted by Crippen LogP contribution is 2.37. The van der Waals surface area contributed by atoms with Crippen LogP contribution in [0.4, 0.5) is 9.93 Å². The predicted octanol–water partition coefficient (Wildman–Crippen LogP) is 3.02. The lowest BCUT2D eigenvalue weighted by atomic mass is 9.95. The standard InChI is InChI=1S/C21H23N5O4S2/c1-3-30-18(28)16-15(22-19(29)23-17(16)13-7-5-4-6-8-13)11-31-21-25-24-20(32-21)26(12(2)27)14-9-10-14/h4-8,14,17H,3,9-11H2,1-2H3,(H2,22,23,29). The first kappa shape index (κ1) is 22.3. The lowest BCUT2D eigenvalue weighted by molar-refractivity contribution is -0.139. The third-order valence-corrected chi connectivity index (χ3v) is 7.06. The average Bonchev–Trinajstić information content (AvgIpc) is 3.49. The summed E-state index contributed by atoms with van der Waals surface area (Å²) in [5.74, 6) is -0.244. The number of nitrogens with zero attached hydrogens (tertiary/aromatic N) is 3. The van der Waals surface area contributed by atoms with Gasteiger partial charge in [0.05, 0.1) is 18.2 Å². The van der Waals surface area contributed by atoms with Crippen LogP contribution in [0.3, 0.4) is 0 Å². The van der Waals surface area contributed by atoms with Crippen LogP contribution in [0.2, 0.25) is 0 Å². The lowest BCUT2D eigenvalue weighted by Gasteiger charge is -2.29. The van der Waals surface area contributed by atoms with Crippen LogP contribution in [-0.4, -0.2) is 46.5 Å². The Morgan fingerprint density at radius 1 is 1.25 bits per heavy atom. The first-order valence-electron chi connectivity index (χ1n) is 10.3. The average molecular weight is 474 g/mol. The van der Waals surface area contributed by atoms with Crippen molar-refractivity contribution in [3.8, 4) is 0 Å². The number of urea groups is 1. The second-order valence-electron chi connectivity index (χ2n) is 7.31. The molecule has 1 aliphatic carbocycles. The third-order valence-electron chi connectivity index (χ3n) is 4.98. The van der Waals surface area contributed by atoms with E-state index in [0.717, 1.165) is 18.4 Å². The van der Waals surface area contributed by atoms with E-state index in [9.17, 15) is 14.4 Å². The number of anilines is 1. The second-order valence-corrected chi connectivity index (χ2v) is 9.49. The quantitative estimate of drug-likeness (QED) is 0.344. The second kappa shape index (κ2) is 9.70. The summed E-state index contributed by atoms with van der Waals surface area (Å²) >= 11 is 2.67. The molecular formula is C21H23N5O4S2.